The van der Waals surface area contributed by atoms with Gasteiger partial charge < -0.3 is 10.4 Å². The number of carboxylic acid groups (broad SMARTS) is 1. The Kier molecular flexibility index (Phi) is 4.22. The molecule has 1 fully saturated rings. The Morgan fingerprint density at radius 2 is 2.46 bits per heavy atom. The number of carboxylic acids is 1. The molecule has 2 atom stereocenters. The van der Waals surface area contributed by atoms with E-state index in [0.29, 0.717) is 18.3 Å². The lowest BCUT2D eigenvalue weighted by molar-refractivity contribution is -0.138. The highest BCUT2D eigenvalue weighted by Crippen LogP contribution is 2.20. The first-order valence-electron chi connectivity index (χ1n) is 5.11. The van der Waals surface area contributed by atoms with Crippen LogP contribution in [0.15, 0.2) is 0 Å². The summed E-state index contributed by atoms with van der Waals surface area (Å²) in [5.41, 5.74) is 0. The number of piperidine rings is 1. The van der Waals surface area contributed by atoms with Crippen LogP contribution in [0.4, 0.5) is 0 Å². The fourth-order valence-electron chi connectivity index (χ4n) is 2.08. The summed E-state index contributed by atoms with van der Waals surface area (Å²) in [5.74, 6) is 0.349. The molecule has 0 aromatic rings. The molecule has 0 bridgehead atoms. The van der Waals surface area contributed by atoms with Crippen molar-refractivity contribution in [2.45, 2.75) is 32.6 Å². The second kappa shape index (κ2) is 5.22. The minimum atomic E-state index is -0.670. The Hall–Kier alpha value is -0.570. The largest absolute Gasteiger partial charge is 0.481 e. The predicted octanol–water partition coefficient (Wildman–Crippen LogP) is 1.49. The quantitative estimate of drug-likeness (QED) is 0.697. The fraction of sp³-hybridized carbons (Fsp3) is 0.900. The zero-order valence-electron chi connectivity index (χ0n) is 8.25. The van der Waals surface area contributed by atoms with Crippen LogP contribution in [-0.2, 0) is 4.79 Å². The van der Waals surface area contributed by atoms with E-state index in [1.54, 1.807) is 0 Å². The van der Waals surface area contributed by atoms with Crippen molar-refractivity contribution in [3.05, 3.63) is 0 Å². The molecule has 1 saturated heterocycles. The van der Waals surface area contributed by atoms with Gasteiger partial charge in [0.25, 0.3) is 0 Å². The Labute approximate surface area is 79.5 Å². The molecular formula is C10H19NO2. The second-order valence-corrected chi connectivity index (χ2v) is 4.15. The van der Waals surface area contributed by atoms with Crippen LogP contribution in [-0.4, -0.2) is 24.2 Å². The number of aliphatic carboxylic acids is 1. The fourth-order valence-corrected chi connectivity index (χ4v) is 2.08. The lowest BCUT2D eigenvalue weighted by Crippen LogP contribution is -2.30. The highest BCUT2D eigenvalue weighted by molar-refractivity contribution is 5.66. The summed E-state index contributed by atoms with van der Waals surface area (Å²) in [7, 11) is 0. The number of hydrogen-bond acceptors (Lipinski definition) is 2. The van der Waals surface area contributed by atoms with Crippen LogP contribution < -0.4 is 5.32 Å². The smallest absolute Gasteiger partial charge is 0.303 e. The molecule has 3 heteroatoms. The van der Waals surface area contributed by atoms with Gasteiger partial charge >= 0.3 is 5.97 Å². The van der Waals surface area contributed by atoms with Crippen molar-refractivity contribution < 1.29 is 9.90 Å². The van der Waals surface area contributed by atoms with Crippen LogP contribution >= 0.6 is 0 Å². The van der Waals surface area contributed by atoms with E-state index in [0.717, 1.165) is 19.5 Å². The van der Waals surface area contributed by atoms with E-state index in [-0.39, 0.29) is 0 Å². The molecule has 1 aliphatic heterocycles. The molecule has 0 aliphatic carbocycles. The van der Waals surface area contributed by atoms with Crippen molar-refractivity contribution in [2.24, 2.45) is 11.8 Å². The minimum Gasteiger partial charge on any atom is -0.481 e. The van der Waals surface area contributed by atoms with Crippen LogP contribution in [0.2, 0.25) is 0 Å². The molecule has 0 amide bonds. The monoisotopic (exact) mass is 185 g/mol. The average molecular weight is 185 g/mol. The molecule has 1 rings (SSSR count). The van der Waals surface area contributed by atoms with E-state index in [1.165, 1.54) is 12.8 Å². The first kappa shape index (κ1) is 10.5. The van der Waals surface area contributed by atoms with E-state index in [4.69, 9.17) is 5.11 Å². The van der Waals surface area contributed by atoms with Crippen LogP contribution in [0, 0.1) is 11.8 Å². The maximum absolute atomic E-state index is 10.4. The summed E-state index contributed by atoms with van der Waals surface area (Å²) in [6.45, 7) is 4.23. The van der Waals surface area contributed by atoms with Crippen molar-refractivity contribution in [3.8, 4) is 0 Å². The molecule has 0 aromatic heterocycles. The molecule has 1 aliphatic rings. The summed E-state index contributed by atoms with van der Waals surface area (Å²) >= 11 is 0. The first-order chi connectivity index (χ1) is 6.18. The maximum Gasteiger partial charge on any atom is 0.303 e. The van der Waals surface area contributed by atoms with Gasteiger partial charge in [-0.05, 0) is 44.2 Å². The molecule has 13 heavy (non-hydrogen) atoms. The Bertz CT molecular complexity index is 164. The summed E-state index contributed by atoms with van der Waals surface area (Å²) in [6, 6.07) is 0. The van der Waals surface area contributed by atoms with E-state index in [1.807, 2.05) is 6.92 Å². The van der Waals surface area contributed by atoms with Gasteiger partial charge in [-0.2, -0.15) is 0 Å². The van der Waals surface area contributed by atoms with Crippen molar-refractivity contribution in [2.75, 3.05) is 13.1 Å². The van der Waals surface area contributed by atoms with Gasteiger partial charge in [-0.15, -0.1) is 0 Å². The van der Waals surface area contributed by atoms with E-state index < -0.39 is 5.97 Å². The Morgan fingerprint density at radius 3 is 3.00 bits per heavy atom. The number of rotatable bonds is 4. The summed E-state index contributed by atoms with van der Waals surface area (Å²) < 4.78 is 0. The van der Waals surface area contributed by atoms with Crippen LogP contribution in [0.1, 0.15) is 32.6 Å². The van der Waals surface area contributed by atoms with Crippen molar-refractivity contribution in [3.63, 3.8) is 0 Å². The van der Waals surface area contributed by atoms with E-state index in [9.17, 15) is 4.79 Å². The first-order valence-corrected chi connectivity index (χ1v) is 5.11. The third-order valence-corrected chi connectivity index (χ3v) is 2.66. The SMILES string of the molecule is CC(CC(=O)O)CC1CCCNC1. The average Bonchev–Trinajstić information content (AvgIpc) is 2.04. The van der Waals surface area contributed by atoms with Crippen molar-refractivity contribution in [1.29, 1.82) is 0 Å². The second-order valence-electron chi connectivity index (χ2n) is 4.15. The van der Waals surface area contributed by atoms with Gasteiger partial charge in [0.05, 0.1) is 0 Å². The van der Waals surface area contributed by atoms with E-state index in [2.05, 4.69) is 5.32 Å². The predicted molar refractivity (Wildman–Crippen MR) is 51.6 cm³/mol. The molecule has 2 N–H and O–H groups in total. The van der Waals surface area contributed by atoms with Gasteiger partial charge in [-0.3, -0.25) is 4.79 Å². The van der Waals surface area contributed by atoms with Crippen molar-refractivity contribution >= 4 is 5.97 Å². The van der Waals surface area contributed by atoms with Crippen molar-refractivity contribution in [1.82, 2.24) is 5.32 Å². The molecular weight excluding hydrogens is 166 g/mol. The molecule has 76 valence electrons. The maximum atomic E-state index is 10.4. The molecule has 3 nitrogen and oxygen atoms in total. The molecule has 0 aromatic carbocycles. The topological polar surface area (TPSA) is 49.3 Å². The Morgan fingerprint density at radius 1 is 1.69 bits per heavy atom. The highest BCUT2D eigenvalue weighted by atomic mass is 16.4. The lowest BCUT2D eigenvalue weighted by Gasteiger charge is -2.24. The van der Waals surface area contributed by atoms with Gasteiger partial charge in [0, 0.05) is 6.42 Å². The molecule has 0 spiro atoms. The van der Waals surface area contributed by atoms with Gasteiger partial charge in [-0.25, -0.2) is 0 Å². The summed E-state index contributed by atoms with van der Waals surface area (Å²) in [6.07, 6.45) is 3.87. The minimum absolute atomic E-state index is 0.316. The Balaban J connectivity index is 2.18. The van der Waals surface area contributed by atoms with Gasteiger partial charge in [-0.1, -0.05) is 6.92 Å². The third kappa shape index (κ3) is 4.27. The third-order valence-electron chi connectivity index (χ3n) is 2.66. The number of hydrogen-bond donors (Lipinski definition) is 2. The van der Waals surface area contributed by atoms with Crippen LogP contribution in [0.5, 0.6) is 0 Å². The number of nitrogens with one attached hydrogen (secondary N) is 1. The highest BCUT2D eigenvalue weighted by Gasteiger charge is 2.17. The molecule has 2 unspecified atom stereocenters. The van der Waals surface area contributed by atoms with E-state index >= 15 is 0 Å². The molecule has 1 heterocycles. The van der Waals surface area contributed by atoms with Gasteiger partial charge in [0.15, 0.2) is 0 Å². The van der Waals surface area contributed by atoms with Crippen LogP contribution in [0.25, 0.3) is 0 Å². The number of carbonyl (C=O) groups is 1. The molecule has 0 saturated carbocycles. The van der Waals surface area contributed by atoms with Gasteiger partial charge in [0.2, 0.25) is 0 Å². The zero-order valence-corrected chi connectivity index (χ0v) is 8.25. The summed E-state index contributed by atoms with van der Waals surface area (Å²) in [4.78, 5) is 10.4. The van der Waals surface area contributed by atoms with Gasteiger partial charge in [0.1, 0.15) is 0 Å². The van der Waals surface area contributed by atoms with Crippen LogP contribution in [0.3, 0.4) is 0 Å². The zero-order chi connectivity index (χ0) is 9.68. The summed E-state index contributed by atoms with van der Waals surface area (Å²) in [5, 5.41) is 11.9. The normalized spacial score (nSPS) is 25.5. The lowest BCUT2D eigenvalue weighted by atomic mass is 9.88. The standard InChI is InChI=1S/C10H19NO2/c1-8(6-10(12)13)5-9-3-2-4-11-7-9/h8-9,11H,2-7H2,1H3,(H,12,13). The molecule has 0 radical (unpaired) electrons.